The van der Waals surface area contributed by atoms with Crippen molar-refractivity contribution < 1.29 is 79.3 Å². The Hall–Kier alpha value is -9.58. The van der Waals surface area contributed by atoms with E-state index in [4.69, 9.17) is 13.6 Å². The smallest absolute Gasteiger partial charge is 0.345 e. The fourth-order valence-corrected chi connectivity index (χ4v) is 6.26. The second kappa shape index (κ2) is 19.9. The average molecular weight is 915 g/mol. The van der Waals surface area contributed by atoms with E-state index in [1.54, 1.807) is 0 Å². The molecule has 0 spiro atoms. The Labute approximate surface area is 376 Å². The molecule has 0 saturated carbocycles. The third kappa shape index (κ3) is 11.5. The van der Waals surface area contributed by atoms with Crippen LogP contribution in [0.3, 0.4) is 0 Å². The molecule has 0 aliphatic heterocycles. The Balaban J connectivity index is 0.000000167. The number of carbonyl (C=O) groups is 2. The minimum absolute atomic E-state index is 0.0163. The van der Waals surface area contributed by atoms with E-state index in [9.17, 15) is 75.3 Å². The number of benzene rings is 6. The lowest BCUT2D eigenvalue weighted by Gasteiger charge is -2.13. The first-order chi connectivity index (χ1) is 31.8. The van der Waals surface area contributed by atoms with Crippen LogP contribution in [0.25, 0.3) is 50.7 Å². The van der Waals surface area contributed by atoms with E-state index >= 15 is 0 Å². The van der Waals surface area contributed by atoms with Crippen molar-refractivity contribution in [2.45, 2.75) is 19.4 Å². The molecule has 67 heavy (non-hydrogen) atoms. The second-order valence-electron chi connectivity index (χ2n) is 14.6. The number of hydrogen-bond donors (Lipinski definition) is 11. The van der Waals surface area contributed by atoms with Gasteiger partial charge in [0.1, 0.15) is 56.5 Å². The molecule has 0 saturated heterocycles. The molecule has 18 nitrogen and oxygen atoms in total. The zero-order valence-electron chi connectivity index (χ0n) is 34.7. The van der Waals surface area contributed by atoms with Gasteiger partial charge in [-0.25, -0.2) is 9.59 Å². The third-order valence-electron chi connectivity index (χ3n) is 9.59. The molecule has 0 fully saturated rings. The summed E-state index contributed by atoms with van der Waals surface area (Å²) in [6.45, 7) is 1.97. The number of phenols is 10. The highest BCUT2D eigenvalue weighted by molar-refractivity contribution is 5.90. The molecule has 18 heteroatoms. The Kier molecular flexibility index (Phi) is 13.9. The molecule has 0 aliphatic carbocycles. The molecule has 11 N–H and O–H groups in total. The van der Waals surface area contributed by atoms with Crippen LogP contribution in [-0.4, -0.2) is 74.2 Å². The maximum Gasteiger partial charge on any atom is 0.345 e. The SMILES string of the molecule is Cc1ccc(-c2cc(=O)c3c(O)cc(O)cc3o2)cc1.O=C(/C=C/c1ccc(O)c(O)c1)O[C@H](Cc1ccc(O)c(O)c1)C(=O)O.O=c1cc(-c2ccc(O)c(O)c2)oc2cc(O)cc(O)c12. The van der Waals surface area contributed by atoms with Crippen molar-refractivity contribution in [1.29, 1.82) is 0 Å². The lowest BCUT2D eigenvalue weighted by atomic mass is 10.1. The van der Waals surface area contributed by atoms with Gasteiger partial charge in [-0.05, 0) is 66.6 Å². The number of ether oxygens (including phenoxy) is 1. The molecule has 2 heterocycles. The molecule has 1 atom stereocenters. The molecule has 2 aromatic heterocycles. The van der Waals surface area contributed by atoms with Crippen LogP contribution < -0.4 is 10.9 Å². The first kappa shape index (κ1) is 46.9. The summed E-state index contributed by atoms with van der Waals surface area (Å²) in [5.74, 6) is -4.91. The standard InChI is InChI=1S/C18H16O8.C16H12O4.C15H10O6/c19-12-4-1-10(7-14(12)21)3-6-17(23)26-16(18(24)25)9-11-2-5-13(20)15(22)8-11;1-9-2-4-10(5-3-9)14-8-13(19)16-12(18)6-11(17)7-15(16)20-14;16-8-4-11(19)15-12(20)6-13(21-14(15)5-8)7-1-2-9(17)10(18)3-7/h1-8,16,19-22H,9H2,(H,24,25);2-8,17-18H,1H3;1-6,16-19H/b6-3+;;/t16-;;/m1../s1. The number of aryl methyl sites for hydroxylation is 1. The molecule has 8 rings (SSSR count). The van der Waals surface area contributed by atoms with E-state index in [1.807, 2.05) is 31.2 Å². The average Bonchev–Trinajstić information content (AvgIpc) is 3.26. The molecule has 0 amide bonds. The molecule has 0 unspecified atom stereocenters. The highest BCUT2D eigenvalue weighted by Crippen LogP contribution is 2.35. The highest BCUT2D eigenvalue weighted by atomic mass is 16.6. The Morgan fingerprint density at radius 2 is 1.01 bits per heavy atom. The number of phenolic OH excluding ortho intramolecular Hbond substituents is 10. The van der Waals surface area contributed by atoms with E-state index in [-0.39, 0.29) is 91.3 Å². The number of carboxylic acids is 1. The van der Waals surface area contributed by atoms with Crippen molar-refractivity contribution in [2.24, 2.45) is 0 Å². The molecule has 0 bridgehead atoms. The van der Waals surface area contributed by atoms with Crippen LogP contribution in [0.4, 0.5) is 0 Å². The number of carboxylic acid groups (broad SMARTS) is 1. The Morgan fingerprint density at radius 1 is 0.537 bits per heavy atom. The van der Waals surface area contributed by atoms with E-state index < -0.39 is 29.2 Å². The quantitative estimate of drug-likeness (QED) is 0.0407. The summed E-state index contributed by atoms with van der Waals surface area (Å²) in [5.41, 5.74) is 2.32. The topological polar surface area (TPSA) is 326 Å². The molecular weight excluding hydrogens is 877 g/mol. The fraction of sp³-hybridized carbons (Fsp3) is 0.0612. The van der Waals surface area contributed by atoms with E-state index in [0.29, 0.717) is 22.5 Å². The van der Waals surface area contributed by atoms with E-state index in [0.717, 1.165) is 35.4 Å². The van der Waals surface area contributed by atoms with Gasteiger partial charge in [-0.3, -0.25) is 9.59 Å². The monoisotopic (exact) mass is 914 g/mol. The minimum atomic E-state index is -1.50. The van der Waals surface area contributed by atoms with Crippen LogP contribution >= 0.6 is 0 Å². The van der Waals surface area contributed by atoms with Gasteiger partial charge in [-0.1, -0.05) is 42.0 Å². The Bertz CT molecular complexity index is 3310. The molecule has 342 valence electrons. The van der Waals surface area contributed by atoms with E-state index in [1.165, 1.54) is 78.9 Å². The van der Waals surface area contributed by atoms with Gasteiger partial charge >= 0.3 is 11.9 Å². The number of rotatable bonds is 8. The van der Waals surface area contributed by atoms with Crippen LogP contribution in [0.15, 0.2) is 140 Å². The van der Waals surface area contributed by atoms with Crippen molar-refractivity contribution >= 4 is 40.0 Å². The summed E-state index contributed by atoms with van der Waals surface area (Å²) in [6.07, 6.45) is 0.565. The molecule has 0 radical (unpaired) electrons. The lowest BCUT2D eigenvalue weighted by molar-refractivity contribution is -0.160. The maximum atomic E-state index is 12.1. The largest absolute Gasteiger partial charge is 0.508 e. The number of carbonyl (C=O) groups excluding carboxylic acids is 1. The summed E-state index contributed by atoms with van der Waals surface area (Å²) in [4.78, 5) is 47.2. The summed E-state index contributed by atoms with van der Waals surface area (Å²) in [5, 5.41) is 104. The number of aromatic hydroxyl groups is 10. The minimum Gasteiger partial charge on any atom is -0.508 e. The number of hydrogen-bond acceptors (Lipinski definition) is 17. The van der Waals surface area contributed by atoms with Gasteiger partial charge in [-0.15, -0.1) is 0 Å². The predicted molar refractivity (Wildman–Crippen MR) is 240 cm³/mol. The van der Waals surface area contributed by atoms with Gasteiger partial charge in [0.25, 0.3) is 0 Å². The number of aliphatic carboxylic acids is 1. The summed E-state index contributed by atoms with van der Waals surface area (Å²) >= 11 is 0. The molecular formula is C49H38O18. The van der Waals surface area contributed by atoms with Crippen molar-refractivity contribution in [3.05, 3.63) is 158 Å². The summed E-state index contributed by atoms with van der Waals surface area (Å²) in [6, 6.07) is 26.3. The van der Waals surface area contributed by atoms with Crippen molar-refractivity contribution in [1.82, 2.24) is 0 Å². The highest BCUT2D eigenvalue weighted by Gasteiger charge is 2.22. The molecule has 6 aromatic carbocycles. The van der Waals surface area contributed by atoms with Crippen LogP contribution in [-0.2, 0) is 20.7 Å². The lowest BCUT2D eigenvalue weighted by Crippen LogP contribution is -2.28. The summed E-state index contributed by atoms with van der Waals surface area (Å²) in [7, 11) is 0. The van der Waals surface area contributed by atoms with Crippen molar-refractivity contribution in [3.8, 4) is 80.1 Å². The predicted octanol–water partition coefficient (Wildman–Crippen LogP) is 7.22. The van der Waals surface area contributed by atoms with Crippen molar-refractivity contribution in [3.63, 3.8) is 0 Å². The van der Waals surface area contributed by atoms with Crippen LogP contribution in [0.5, 0.6) is 57.5 Å². The normalized spacial score (nSPS) is 11.3. The number of fused-ring (bicyclic) bond motifs is 2. The van der Waals surface area contributed by atoms with Crippen LogP contribution in [0, 0.1) is 6.92 Å². The molecule has 8 aromatic rings. The van der Waals surface area contributed by atoms with Gasteiger partial charge < -0.3 is 69.7 Å². The summed E-state index contributed by atoms with van der Waals surface area (Å²) < 4.78 is 16.0. The first-order valence-electron chi connectivity index (χ1n) is 19.5. The fourth-order valence-electron chi connectivity index (χ4n) is 6.26. The number of esters is 1. The van der Waals surface area contributed by atoms with Crippen molar-refractivity contribution in [2.75, 3.05) is 0 Å². The van der Waals surface area contributed by atoms with Gasteiger partial charge in [0, 0.05) is 60.0 Å². The van der Waals surface area contributed by atoms with Gasteiger partial charge in [0.05, 0.1) is 0 Å². The van der Waals surface area contributed by atoms with Crippen LogP contribution in [0.1, 0.15) is 16.7 Å². The zero-order valence-corrected chi connectivity index (χ0v) is 34.7. The van der Waals surface area contributed by atoms with Gasteiger partial charge in [-0.2, -0.15) is 0 Å². The molecule has 0 aliphatic rings. The third-order valence-corrected chi connectivity index (χ3v) is 9.59. The van der Waals surface area contributed by atoms with Crippen LogP contribution in [0.2, 0.25) is 0 Å². The van der Waals surface area contributed by atoms with Gasteiger partial charge in [0.2, 0.25) is 6.10 Å². The first-order valence-corrected chi connectivity index (χ1v) is 19.5. The second-order valence-corrected chi connectivity index (χ2v) is 14.6. The zero-order chi connectivity index (χ0) is 48.7. The maximum absolute atomic E-state index is 12.1. The Morgan fingerprint density at radius 3 is 1.52 bits per heavy atom. The van der Waals surface area contributed by atoms with Gasteiger partial charge in [0.15, 0.2) is 45.4 Å². The van der Waals surface area contributed by atoms with E-state index in [2.05, 4.69) is 0 Å².